The highest BCUT2D eigenvalue weighted by Crippen LogP contribution is 2.26. The first kappa shape index (κ1) is 19.8. The number of halogens is 2. The molecule has 2 atom stereocenters. The van der Waals surface area contributed by atoms with E-state index < -0.39 is 29.8 Å². The summed E-state index contributed by atoms with van der Waals surface area (Å²) in [5, 5.41) is 10.4. The van der Waals surface area contributed by atoms with Crippen LogP contribution in [0.2, 0.25) is 10.0 Å². The van der Waals surface area contributed by atoms with Crippen LogP contribution in [0.5, 0.6) is 0 Å². The zero-order valence-corrected chi connectivity index (χ0v) is 15.8. The number of aliphatic carboxylic acids is 1. The van der Waals surface area contributed by atoms with Crippen LogP contribution >= 0.6 is 23.2 Å². The highest BCUT2D eigenvalue weighted by atomic mass is 35.5. The van der Waals surface area contributed by atoms with Crippen molar-refractivity contribution in [2.24, 2.45) is 0 Å². The number of amides is 1. The molecule has 1 aromatic rings. The van der Waals surface area contributed by atoms with E-state index in [9.17, 15) is 14.7 Å². The summed E-state index contributed by atoms with van der Waals surface area (Å²) < 4.78 is 11.0. The second kappa shape index (κ2) is 7.81. The minimum absolute atomic E-state index is 0.150. The zero-order valence-electron chi connectivity index (χ0n) is 14.3. The number of ether oxygens (including phenoxy) is 2. The van der Waals surface area contributed by atoms with Crippen LogP contribution in [0.4, 0.5) is 4.79 Å². The van der Waals surface area contributed by atoms with Crippen molar-refractivity contribution in [2.75, 3.05) is 6.54 Å². The monoisotopic (exact) mass is 389 g/mol. The normalized spacial score (nSPS) is 20.6. The molecule has 2 rings (SSSR count). The maximum atomic E-state index is 12.2. The molecule has 1 aromatic carbocycles. The van der Waals surface area contributed by atoms with Crippen molar-refractivity contribution in [3.63, 3.8) is 0 Å². The molecule has 0 unspecified atom stereocenters. The highest BCUT2D eigenvalue weighted by Gasteiger charge is 2.42. The van der Waals surface area contributed by atoms with Crippen molar-refractivity contribution in [1.82, 2.24) is 4.90 Å². The summed E-state index contributed by atoms with van der Waals surface area (Å²) in [6.45, 7) is 5.54. The minimum Gasteiger partial charge on any atom is -0.480 e. The van der Waals surface area contributed by atoms with Gasteiger partial charge >= 0.3 is 12.1 Å². The van der Waals surface area contributed by atoms with E-state index in [0.717, 1.165) is 5.56 Å². The average molecular weight is 390 g/mol. The van der Waals surface area contributed by atoms with E-state index >= 15 is 0 Å². The SMILES string of the molecule is CC(C)(C)OC(=O)N1C[C@H](OCc2ccc(Cl)cc2Cl)C[C@H]1C(=O)O. The van der Waals surface area contributed by atoms with Gasteiger partial charge in [-0.1, -0.05) is 29.3 Å². The third kappa shape index (κ3) is 5.49. The first-order valence-electron chi connectivity index (χ1n) is 7.85. The topological polar surface area (TPSA) is 76.1 Å². The van der Waals surface area contributed by atoms with Crippen LogP contribution in [0.25, 0.3) is 0 Å². The number of rotatable bonds is 4. The molecule has 0 radical (unpaired) electrons. The molecule has 8 heteroatoms. The summed E-state index contributed by atoms with van der Waals surface area (Å²) in [6.07, 6.45) is -0.879. The molecule has 0 bridgehead atoms. The van der Waals surface area contributed by atoms with Gasteiger partial charge in [-0.15, -0.1) is 0 Å². The Morgan fingerprint density at radius 1 is 1.32 bits per heavy atom. The number of hydrogen-bond donors (Lipinski definition) is 1. The number of carbonyl (C=O) groups is 2. The second-order valence-electron chi connectivity index (χ2n) is 6.89. The van der Waals surface area contributed by atoms with Gasteiger partial charge in [0.15, 0.2) is 0 Å². The quantitative estimate of drug-likeness (QED) is 0.842. The molecule has 1 saturated heterocycles. The van der Waals surface area contributed by atoms with Crippen molar-refractivity contribution in [3.05, 3.63) is 33.8 Å². The molecule has 1 fully saturated rings. The fraction of sp³-hybridized carbons (Fsp3) is 0.529. The van der Waals surface area contributed by atoms with Gasteiger partial charge < -0.3 is 14.6 Å². The Labute approximate surface area is 156 Å². The Bertz CT molecular complexity index is 659. The predicted octanol–water partition coefficient (Wildman–Crippen LogP) is 3.97. The molecule has 25 heavy (non-hydrogen) atoms. The Hall–Kier alpha value is -1.50. The Morgan fingerprint density at radius 2 is 2.00 bits per heavy atom. The smallest absolute Gasteiger partial charge is 0.411 e. The van der Waals surface area contributed by atoms with E-state index in [0.29, 0.717) is 10.0 Å². The average Bonchev–Trinajstić information content (AvgIpc) is 2.89. The van der Waals surface area contributed by atoms with Crippen LogP contribution in [0, 0.1) is 0 Å². The van der Waals surface area contributed by atoms with Gasteiger partial charge in [-0.25, -0.2) is 9.59 Å². The number of nitrogens with zero attached hydrogens (tertiary/aromatic N) is 1. The number of carbonyl (C=O) groups excluding carboxylic acids is 1. The molecule has 6 nitrogen and oxygen atoms in total. The second-order valence-corrected chi connectivity index (χ2v) is 7.73. The van der Waals surface area contributed by atoms with E-state index in [1.54, 1.807) is 39.0 Å². The van der Waals surface area contributed by atoms with Gasteiger partial charge in [0.05, 0.1) is 19.3 Å². The van der Waals surface area contributed by atoms with E-state index in [2.05, 4.69) is 0 Å². The molecular weight excluding hydrogens is 369 g/mol. The van der Waals surface area contributed by atoms with Gasteiger partial charge in [-0.3, -0.25) is 4.90 Å². The maximum Gasteiger partial charge on any atom is 0.411 e. The summed E-state index contributed by atoms with van der Waals surface area (Å²) in [5.41, 5.74) is 0.0456. The fourth-order valence-electron chi connectivity index (χ4n) is 2.52. The van der Waals surface area contributed by atoms with Crippen LogP contribution in [0.3, 0.4) is 0 Å². The molecule has 0 aliphatic carbocycles. The molecule has 1 amide bonds. The largest absolute Gasteiger partial charge is 0.480 e. The minimum atomic E-state index is -1.08. The molecule has 0 saturated carbocycles. The van der Waals surface area contributed by atoms with Crippen molar-refractivity contribution >= 4 is 35.3 Å². The number of hydrogen-bond acceptors (Lipinski definition) is 4. The summed E-state index contributed by atoms with van der Waals surface area (Å²) in [6, 6.07) is 4.10. The molecule has 1 heterocycles. The highest BCUT2D eigenvalue weighted by molar-refractivity contribution is 6.35. The van der Waals surface area contributed by atoms with Gasteiger partial charge in [0.2, 0.25) is 0 Å². The maximum absolute atomic E-state index is 12.2. The predicted molar refractivity (Wildman–Crippen MR) is 94.0 cm³/mol. The van der Waals surface area contributed by atoms with Crippen molar-refractivity contribution in [1.29, 1.82) is 0 Å². The first-order valence-corrected chi connectivity index (χ1v) is 8.60. The summed E-state index contributed by atoms with van der Waals surface area (Å²) in [5.74, 6) is -1.08. The molecule has 0 aromatic heterocycles. The number of carboxylic acids is 1. The van der Waals surface area contributed by atoms with E-state index in [4.69, 9.17) is 32.7 Å². The lowest BCUT2D eigenvalue weighted by molar-refractivity contribution is -0.142. The lowest BCUT2D eigenvalue weighted by Crippen LogP contribution is -2.43. The lowest BCUT2D eigenvalue weighted by Gasteiger charge is -2.26. The van der Waals surface area contributed by atoms with Gasteiger partial charge in [0.25, 0.3) is 0 Å². The van der Waals surface area contributed by atoms with Gasteiger partial charge in [-0.2, -0.15) is 0 Å². The van der Waals surface area contributed by atoms with Crippen LogP contribution < -0.4 is 0 Å². The summed E-state index contributed by atoms with van der Waals surface area (Å²) >= 11 is 12.0. The van der Waals surface area contributed by atoms with Crippen LogP contribution in [0.15, 0.2) is 18.2 Å². The lowest BCUT2D eigenvalue weighted by atomic mass is 10.2. The number of likely N-dealkylation sites (tertiary alicyclic amines) is 1. The number of carboxylic acid groups (broad SMARTS) is 1. The Morgan fingerprint density at radius 3 is 2.56 bits per heavy atom. The molecule has 1 aliphatic rings. The van der Waals surface area contributed by atoms with Crippen molar-refractivity contribution in [2.45, 2.75) is 51.5 Å². The van der Waals surface area contributed by atoms with Crippen LogP contribution in [0.1, 0.15) is 32.8 Å². The molecule has 138 valence electrons. The molecular formula is C17H21Cl2NO5. The molecule has 1 N–H and O–H groups in total. The third-order valence-electron chi connectivity index (χ3n) is 3.67. The first-order chi connectivity index (χ1) is 11.6. The summed E-state index contributed by atoms with van der Waals surface area (Å²) in [7, 11) is 0. The Balaban J connectivity index is 2.01. The van der Waals surface area contributed by atoms with E-state index in [1.165, 1.54) is 4.90 Å². The summed E-state index contributed by atoms with van der Waals surface area (Å²) in [4.78, 5) is 24.9. The zero-order chi connectivity index (χ0) is 18.8. The van der Waals surface area contributed by atoms with Crippen molar-refractivity contribution < 1.29 is 24.2 Å². The molecule has 0 spiro atoms. The van der Waals surface area contributed by atoms with E-state index in [1.807, 2.05) is 0 Å². The van der Waals surface area contributed by atoms with Gasteiger partial charge in [0.1, 0.15) is 11.6 Å². The van der Waals surface area contributed by atoms with Crippen molar-refractivity contribution in [3.8, 4) is 0 Å². The van der Waals surface area contributed by atoms with Crippen LogP contribution in [-0.2, 0) is 20.9 Å². The van der Waals surface area contributed by atoms with Gasteiger partial charge in [0, 0.05) is 16.5 Å². The molecule has 1 aliphatic heterocycles. The third-order valence-corrected chi connectivity index (χ3v) is 4.25. The number of benzene rings is 1. The standard InChI is InChI=1S/C17H21Cl2NO5/c1-17(2,3)25-16(23)20-8-12(7-14(20)15(21)22)24-9-10-4-5-11(18)6-13(10)19/h4-6,12,14H,7-9H2,1-3H3,(H,21,22)/t12-,14+/m1/s1. The van der Waals surface area contributed by atoms with Gasteiger partial charge in [-0.05, 0) is 38.5 Å². The van der Waals surface area contributed by atoms with E-state index in [-0.39, 0.29) is 19.6 Å². The van der Waals surface area contributed by atoms with Crippen LogP contribution in [-0.4, -0.2) is 46.4 Å². The fourth-order valence-corrected chi connectivity index (χ4v) is 2.98. The Kier molecular flexibility index (Phi) is 6.19.